The maximum absolute atomic E-state index is 12.2. The Morgan fingerprint density at radius 3 is 2.43 bits per heavy atom. The standard InChI is InChI=1S/C16H16O5/c17-11-2-1-3-12(18)16(11)13(19)8-10-4-5-14-15(9-10)21-7-6-20-14/h4-5,9,16H,1-3,6-8H2. The van der Waals surface area contributed by atoms with Crippen LogP contribution in [0.25, 0.3) is 0 Å². The number of carbonyl (C=O) groups excluding carboxylic acids is 3. The van der Waals surface area contributed by atoms with Crippen molar-refractivity contribution in [2.24, 2.45) is 5.92 Å². The third-order valence-electron chi connectivity index (χ3n) is 3.80. The van der Waals surface area contributed by atoms with Gasteiger partial charge in [0.05, 0.1) is 0 Å². The highest BCUT2D eigenvalue weighted by Crippen LogP contribution is 2.31. The Labute approximate surface area is 122 Å². The monoisotopic (exact) mass is 288 g/mol. The van der Waals surface area contributed by atoms with Gasteiger partial charge in [-0.25, -0.2) is 0 Å². The highest BCUT2D eigenvalue weighted by molar-refractivity contribution is 6.20. The molecule has 0 aromatic heterocycles. The first-order chi connectivity index (χ1) is 10.1. The first kappa shape index (κ1) is 13.8. The SMILES string of the molecule is O=C1CCCC(=O)C1C(=O)Cc1ccc2c(c1)OCCO2. The molecule has 0 atom stereocenters. The largest absolute Gasteiger partial charge is 0.486 e. The maximum atomic E-state index is 12.2. The van der Waals surface area contributed by atoms with E-state index in [-0.39, 0.29) is 23.8 Å². The number of carbonyl (C=O) groups is 3. The molecule has 0 radical (unpaired) electrons. The van der Waals surface area contributed by atoms with Gasteiger partial charge in [0.1, 0.15) is 19.1 Å². The molecule has 2 aliphatic rings. The Hall–Kier alpha value is -2.17. The van der Waals surface area contributed by atoms with Crippen molar-refractivity contribution in [3.8, 4) is 11.5 Å². The first-order valence-electron chi connectivity index (χ1n) is 7.12. The van der Waals surface area contributed by atoms with Crippen molar-refractivity contribution in [1.29, 1.82) is 0 Å². The third kappa shape index (κ3) is 2.82. The van der Waals surface area contributed by atoms with Crippen LogP contribution in [0.5, 0.6) is 11.5 Å². The van der Waals surface area contributed by atoms with E-state index >= 15 is 0 Å². The van der Waals surface area contributed by atoms with Crippen molar-refractivity contribution < 1.29 is 23.9 Å². The van der Waals surface area contributed by atoms with Crippen LogP contribution < -0.4 is 9.47 Å². The summed E-state index contributed by atoms with van der Waals surface area (Å²) in [5.74, 6) is -0.606. The summed E-state index contributed by atoms with van der Waals surface area (Å²) in [5, 5.41) is 0. The molecule has 5 nitrogen and oxygen atoms in total. The maximum Gasteiger partial charge on any atom is 0.161 e. The molecule has 1 aromatic rings. The van der Waals surface area contributed by atoms with E-state index in [1.165, 1.54) is 0 Å². The zero-order valence-electron chi connectivity index (χ0n) is 11.6. The average Bonchev–Trinajstić information content (AvgIpc) is 2.47. The lowest BCUT2D eigenvalue weighted by Crippen LogP contribution is -2.36. The molecule has 1 heterocycles. The molecule has 1 aromatic carbocycles. The van der Waals surface area contributed by atoms with E-state index < -0.39 is 5.92 Å². The number of ether oxygens (including phenoxy) is 2. The summed E-state index contributed by atoms with van der Waals surface area (Å²) in [6.45, 7) is 0.986. The lowest BCUT2D eigenvalue weighted by atomic mass is 9.82. The topological polar surface area (TPSA) is 69.7 Å². The second-order valence-electron chi connectivity index (χ2n) is 5.34. The third-order valence-corrected chi connectivity index (χ3v) is 3.80. The van der Waals surface area contributed by atoms with Gasteiger partial charge in [0.25, 0.3) is 0 Å². The Morgan fingerprint density at radius 1 is 1.05 bits per heavy atom. The number of ketones is 3. The normalized spacial score (nSPS) is 18.7. The van der Waals surface area contributed by atoms with Crippen LogP contribution in [0.3, 0.4) is 0 Å². The minimum absolute atomic E-state index is 0.0682. The fourth-order valence-electron chi connectivity index (χ4n) is 2.77. The van der Waals surface area contributed by atoms with Crippen LogP contribution >= 0.6 is 0 Å². The minimum Gasteiger partial charge on any atom is -0.486 e. The van der Waals surface area contributed by atoms with Crippen LogP contribution in [0.1, 0.15) is 24.8 Å². The molecular formula is C16H16O5. The van der Waals surface area contributed by atoms with Crippen molar-refractivity contribution in [3.63, 3.8) is 0 Å². The highest BCUT2D eigenvalue weighted by Gasteiger charge is 2.35. The summed E-state index contributed by atoms with van der Waals surface area (Å²) in [5.41, 5.74) is 0.732. The highest BCUT2D eigenvalue weighted by atomic mass is 16.6. The van der Waals surface area contributed by atoms with Gasteiger partial charge in [-0.2, -0.15) is 0 Å². The molecule has 21 heavy (non-hydrogen) atoms. The number of rotatable bonds is 3. The van der Waals surface area contributed by atoms with Crippen LogP contribution in [0.2, 0.25) is 0 Å². The summed E-state index contributed by atoms with van der Waals surface area (Å²) in [7, 11) is 0. The fraction of sp³-hybridized carbons (Fsp3) is 0.438. The lowest BCUT2D eigenvalue weighted by molar-refractivity contribution is -0.141. The molecular weight excluding hydrogens is 272 g/mol. The van der Waals surface area contributed by atoms with Crippen molar-refractivity contribution in [2.75, 3.05) is 13.2 Å². The Morgan fingerprint density at radius 2 is 1.71 bits per heavy atom. The number of hydrogen-bond donors (Lipinski definition) is 0. The molecule has 0 saturated heterocycles. The van der Waals surface area contributed by atoms with Gasteiger partial charge in [0.15, 0.2) is 28.8 Å². The molecule has 3 rings (SSSR count). The summed E-state index contributed by atoms with van der Waals surface area (Å²) in [6, 6.07) is 5.26. The summed E-state index contributed by atoms with van der Waals surface area (Å²) in [6.07, 6.45) is 1.27. The van der Waals surface area contributed by atoms with Crippen molar-refractivity contribution in [2.45, 2.75) is 25.7 Å². The molecule has 0 N–H and O–H groups in total. The number of fused-ring (bicyclic) bond motifs is 1. The van der Waals surface area contributed by atoms with Crippen LogP contribution in [-0.4, -0.2) is 30.6 Å². The molecule has 0 bridgehead atoms. The van der Waals surface area contributed by atoms with Gasteiger partial charge in [-0.15, -0.1) is 0 Å². The molecule has 5 heteroatoms. The fourth-order valence-corrected chi connectivity index (χ4v) is 2.77. The minimum atomic E-state index is -1.06. The Kier molecular flexibility index (Phi) is 3.73. The number of hydrogen-bond acceptors (Lipinski definition) is 5. The smallest absolute Gasteiger partial charge is 0.161 e. The zero-order chi connectivity index (χ0) is 14.8. The molecule has 0 amide bonds. The van der Waals surface area contributed by atoms with Gasteiger partial charge in [-0.3, -0.25) is 14.4 Å². The predicted octanol–water partition coefficient (Wildman–Crippen LogP) is 1.51. The molecule has 0 spiro atoms. The predicted molar refractivity (Wildman–Crippen MR) is 73.5 cm³/mol. The molecule has 1 aliphatic heterocycles. The Bertz CT molecular complexity index is 589. The second-order valence-corrected chi connectivity index (χ2v) is 5.34. The van der Waals surface area contributed by atoms with Gasteiger partial charge in [0, 0.05) is 19.3 Å². The van der Waals surface area contributed by atoms with E-state index in [0.717, 1.165) is 5.56 Å². The lowest BCUT2D eigenvalue weighted by Gasteiger charge is -2.20. The molecule has 1 fully saturated rings. The Balaban J connectivity index is 1.75. The molecule has 1 saturated carbocycles. The van der Waals surface area contributed by atoms with Crippen LogP contribution in [0, 0.1) is 5.92 Å². The zero-order valence-corrected chi connectivity index (χ0v) is 11.6. The van der Waals surface area contributed by atoms with Gasteiger partial charge in [-0.05, 0) is 24.1 Å². The van der Waals surface area contributed by atoms with Crippen molar-refractivity contribution in [1.82, 2.24) is 0 Å². The summed E-state index contributed by atoms with van der Waals surface area (Å²) < 4.78 is 10.9. The molecule has 110 valence electrons. The van der Waals surface area contributed by atoms with Gasteiger partial charge in [0.2, 0.25) is 0 Å². The van der Waals surface area contributed by atoms with Gasteiger partial charge in [-0.1, -0.05) is 6.07 Å². The number of benzene rings is 1. The first-order valence-corrected chi connectivity index (χ1v) is 7.12. The molecule has 0 unspecified atom stereocenters. The van der Waals surface area contributed by atoms with E-state index in [2.05, 4.69) is 0 Å². The number of Topliss-reactive ketones (excluding diaryl/α,β-unsaturated/α-hetero) is 3. The van der Waals surface area contributed by atoms with Crippen molar-refractivity contribution in [3.05, 3.63) is 23.8 Å². The van der Waals surface area contributed by atoms with E-state index in [1.54, 1.807) is 18.2 Å². The average molecular weight is 288 g/mol. The van der Waals surface area contributed by atoms with Crippen LogP contribution in [0.4, 0.5) is 0 Å². The van der Waals surface area contributed by atoms with E-state index in [1.807, 2.05) is 0 Å². The van der Waals surface area contributed by atoms with E-state index in [0.29, 0.717) is 44.0 Å². The van der Waals surface area contributed by atoms with Gasteiger partial charge < -0.3 is 9.47 Å². The second kappa shape index (κ2) is 5.68. The van der Waals surface area contributed by atoms with Crippen LogP contribution in [-0.2, 0) is 20.8 Å². The van der Waals surface area contributed by atoms with Gasteiger partial charge >= 0.3 is 0 Å². The van der Waals surface area contributed by atoms with E-state index in [9.17, 15) is 14.4 Å². The molecule has 1 aliphatic carbocycles. The van der Waals surface area contributed by atoms with Crippen LogP contribution in [0.15, 0.2) is 18.2 Å². The van der Waals surface area contributed by atoms with E-state index in [4.69, 9.17) is 9.47 Å². The quantitative estimate of drug-likeness (QED) is 0.788. The summed E-state index contributed by atoms with van der Waals surface area (Å²) in [4.78, 5) is 35.8. The summed E-state index contributed by atoms with van der Waals surface area (Å²) >= 11 is 0. The van der Waals surface area contributed by atoms with Crippen molar-refractivity contribution >= 4 is 17.3 Å².